The first-order valence-corrected chi connectivity index (χ1v) is 4.57. The third-order valence-corrected chi connectivity index (χ3v) is 1.98. The van der Waals surface area contributed by atoms with E-state index in [-0.39, 0.29) is 10.7 Å². The number of ether oxygens (including phenoxy) is 1. The molecule has 0 bridgehead atoms. The maximum absolute atomic E-state index is 12.5. The van der Waals surface area contributed by atoms with Crippen LogP contribution in [0.3, 0.4) is 0 Å². The number of oxime groups is 1. The van der Waals surface area contributed by atoms with Gasteiger partial charge >= 0.3 is 12.5 Å². The van der Waals surface area contributed by atoms with Crippen molar-refractivity contribution in [2.75, 3.05) is 0 Å². The highest BCUT2D eigenvalue weighted by Gasteiger charge is 2.43. The number of hydrogen-bond donors (Lipinski definition) is 1. The van der Waals surface area contributed by atoms with Gasteiger partial charge in [-0.15, -0.1) is 0 Å². The molecule has 1 rings (SSSR count). The highest BCUT2D eigenvalue weighted by atomic mass is 35.5. The minimum atomic E-state index is -4.56. The van der Waals surface area contributed by atoms with E-state index in [1.54, 1.807) is 0 Å². The monoisotopic (exact) mass is 271 g/mol. The first kappa shape index (κ1) is 13.6. The van der Waals surface area contributed by atoms with Gasteiger partial charge in [-0.25, -0.2) is 0 Å². The topological polar surface area (TPSA) is 41.8 Å². The number of hydrogen-bond acceptors (Lipinski definition) is 3. The Labute approximate surface area is 98.2 Å². The van der Waals surface area contributed by atoms with E-state index in [0.29, 0.717) is 0 Å². The summed E-state index contributed by atoms with van der Waals surface area (Å²) in [6.07, 6.45) is -8.49. The highest BCUT2D eigenvalue weighted by molar-refractivity contribution is 6.69. The molecule has 0 radical (unpaired) electrons. The summed E-state index contributed by atoms with van der Waals surface area (Å²) in [5, 5.41) is 10.7. The van der Waals surface area contributed by atoms with Gasteiger partial charge in [0.1, 0.15) is 5.75 Å². The van der Waals surface area contributed by atoms with Gasteiger partial charge in [-0.2, -0.15) is 17.6 Å². The molecular formula is C9H6ClF4NO2. The van der Waals surface area contributed by atoms with E-state index in [0.717, 1.165) is 12.1 Å². The van der Waals surface area contributed by atoms with E-state index in [2.05, 4.69) is 9.89 Å². The molecule has 8 heteroatoms. The molecule has 94 valence electrons. The summed E-state index contributed by atoms with van der Waals surface area (Å²) in [5.74, 6) is -0.457. The van der Waals surface area contributed by atoms with Crippen LogP contribution in [0.5, 0.6) is 5.75 Å². The van der Waals surface area contributed by atoms with Gasteiger partial charge in [0.15, 0.2) is 5.17 Å². The average Bonchev–Trinajstić information content (AvgIpc) is 2.28. The van der Waals surface area contributed by atoms with Crippen LogP contribution in [0.4, 0.5) is 17.6 Å². The summed E-state index contributed by atoms with van der Waals surface area (Å²) < 4.78 is 52.4. The van der Waals surface area contributed by atoms with Crippen LogP contribution < -0.4 is 4.74 Å². The van der Waals surface area contributed by atoms with Gasteiger partial charge in [0.25, 0.3) is 0 Å². The summed E-state index contributed by atoms with van der Waals surface area (Å²) >= 11 is 5.42. The molecule has 0 atom stereocenters. The molecule has 0 saturated heterocycles. The van der Waals surface area contributed by atoms with Gasteiger partial charge in [-0.3, -0.25) is 0 Å². The van der Waals surface area contributed by atoms with Gasteiger partial charge in [0.05, 0.1) is 0 Å². The van der Waals surface area contributed by atoms with Crippen molar-refractivity contribution in [2.45, 2.75) is 12.5 Å². The van der Waals surface area contributed by atoms with Crippen molar-refractivity contribution in [3.63, 3.8) is 0 Å². The molecule has 0 spiro atoms. The van der Waals surface area contributed by atoms with Gasteiger partial charge in [-0.05, 0) is 24.3 Å². The lowest BCUT2D eigenvalue weighted by molar-refractivity contribution is -0.253. The van der Waals surface area contributed by atoms with Crippen LogP contribution in [0.2, 0.25) is 0 Å². The van der Waals surface area contributed by atoms with Crippen LogP contribution in [-0.2, 0) is 0 Å². The maximum Gasteiger partial charge on any atom is 0.461 e. The number of alkyl halides is 4. The van der Waals surface area contributed by atoms with Crippen LogP contribution in [0, 0.1) is 0 Å². The predicted octanol–water partition coefficient (Wildman–Crippen LogP) is 3.30. The molecule has 0 fully saturated rings. The molecule has 0 heterocycles. The standard InChI is InChI=1S/C9H6ClF4NO2/c10-7(15-16)5-1-3-6(4-2-5)17-9(13,14)8(11)12/h1-4,8,16H/b15-7-. The zero-order valence-corrected chi connectivity index (χ0v) is 8.84. The SMILES string of the molecule is O/N=C(\Cl)c1ccc(OC(F)(F)C(F)F)cc1. The molecule has 1 aromatic rings. The van der Waals surface area contributed by atoms with E-state index in [4.69, 9.17) is 16.8 Å². The second-order valence-corrected chi connectivity index (χ2v) is 3.24. The number of halogens is 5. The molecule has 0 aliphatic heterocycles. The van der Waals surface area contributed by atoms with E-state index >= 15 is 0 Å². The number of rotatable bonds is 4. The fourth-order valence-corrected chi connectivity index (χ4v) is 1.05. The molecular weight excluding hydrogens is 266 g/mol. The number of nitrogens with zero attached hydrogens (tertiary/aromatic N) is 1. The second-order valence-electron chi connectivity index (χ2n) is 2.88. The third-order valence-electron chi connectivity index (χ3n) is 1.69. The highest BCUT2D eigenvalue weighted by Crippen LogP contribution is 2.27. The van der Waals surface area contributed by atoms with Crippen LogP contribution in [0.1, 0.15) is 5.56 Å². The summed E-state index contributed by atoms with van der Waals surface area (Å²) in [5.41, 5.74) is 0.224. The van der Waals surface area contributed by atoms with Crippen LogP contribution in [-0.4, -0.2) is 22.9 Å². The Morgan fingerprint density at radius 3 is 2.24 bits per heavy atom. The Balaban J connectivity index is 2.82. The minimum absolute atomic E-state index is 0.224. The van der Waals surface area contributed by atoms with Gasteiger partial charge in [0, 0.05) is 5.56 Å². The second kappa shape index (κ2) is 5.22. The van der Waals surface area contributed by atoms with Crippen molar-refractivity contribution in [3.8, 4) is 5.75 Å². The lowest BCUT2D eigenvalue weighted by atomic mass is 10.2. The molecule has 0 unspecified atom stereocenters. The molecule has 3 nitrogen and oxygen atoms in total. The summed E-state index contributed by atoms with van der Waals surface area (Å²) in [6.45, 7) is 0. The largest absolute Gasteiger partial charge is 0.461 e. The van der Waals surface area contributed by atoms with Gasteiger partial charge < -0.3 is 9.94 Å². The maximum atomic E-state index is 12.5. The van der Waals surface area contributed by atoms with Crippen molar-refractivity contribution < 1.29 is 27.5 Å². The molecule has 0 aliphatic rings. The van der Waals surface area contributed by atoms with Crippen molar-refractivity contribution in [1.82, 2.24) is 0 Å². The van der Waals surface area contributed by atoms with Crippen LogP contribution >= 0.6 is 11.6 Å². The Hall–Kier alpha value is -1.50. The fraction of sp³-hybridized carbons (Fsp3) is 0.222. The summed E-state index contributed by atoms with van der Waals surface area (Å²) in [7, 11) is 0. The molecule has 0 aromatic heterocycles. The predicted molar refractivity (Wildman–Crippen MR) is 52.2 cm³/mol. The van der Waals surface area contributed by atoms with Crippen molar-refractivity contribution >= 4 is 16.8 Å². The number of benzene rings is 1. The zero-order valence-electron chi connectivity index (χ0n) is 8.08. The average molecular weight is 272 g/mol. The van der Waals surface area contributed by atoms with Crippen molar-refractivity contribution in [2.24, 2.45) is 5.16 Å². The lowest BCUT2D eigenvalue weighted by Crippen LogP contribution is -2.33. The first-order chi connectivity index (χ1) is 7.86. The molecule has 1 N–H and O–H groups in total. The Morgan fingerprint density at radius 1 is 1.29 bits per heavy atom. The third kappa shape index (κ3) is 3.48. The van der Waals surface area contributed by atoms with Crippen molar-refractivity contribution in [1.29, 1.82) is 0 Å². The van der Waals surface area contributed by atoms with Crippen LogP contribution in [0.15, 0.2) is 29.4 Å². The summed E-state index contributed by atoms with van der Waals surface area (Å²) in [6, 6.07) is 4.36. The Bertz CT molecular complexity index is 408. The summed E-state index contributed by atoms with van der Waals surface area (Å²) in [4.78, 5) is 0. The van der Waals surface area contributed by atoms with Gasteiger partial charge in [-0.1, -0.05) is 16.8 Å². The van der Waals surface area contributed by atoms with E-state index in [9.17, 15) is 17.6 Å². The Kier molecular flexibility index (Phi) is 4.17. The zero-order chi connectivity index (χ0) is 13.1. The van der Waals surface area contributed by atoms with Crippen molar-refractivity contribution in [3.05, 3.63) is 29.8 Å². The molecule has 0 amide bonds. The first-order valence-electron chi connectivity index (χ1n) is 4.20. The smallest absolute Gasteiger partial charge is 0.428 e. The molecule has 0 saturated carbocycles. The lowest BCUT2D eigenvalue weighted by Gasteiger charge is -2.16. The van der Waals surface area contributed by atoms with E-state index in [1.807, 2.05) is 0 Å². The quantitative estimate of drug-likeness (QED) is 0.395. The van der Waals surface area contributed by atoms with E-state index < -0.39 is 18.3 Å². The molecule has 0 aliphatic carbocycles. The van der Waals surface area contributed by atoms with E-state index in [1.165, 1.54) is 12.1 Å². The minimum Gasteiger partial charge on any atom is -0.428 e. The fourth-order valence-electron chi connectivity index (χ4n) is 0.920. The van der Waals surface area contributed by atoms with Crippen LogP contribution in [0.25, 0.3) is 0 Å². The van der Waals surface area contributed by atoms with Gasteiger partial charge in [0.2, 0.25) is 0 Å². The molecule has 1 aromatic carbocycles. The molecule has 17 heavy (non-hydrogen) atoms. The Morgan fingerprint density at radius 2 is 1.82 bits per heavy atom. The normalized spacial score (nSPS) is 12.9.